The number of carbonyl (C=O) groups excluding carboxylic acids is 1. The topological polar surface area (TPSA) is 83.6 Å². The Labute approximate surface area is 76.1 Å². The van der Waals surface area contributed by atoms with Crippen LogP contribution in [0.15, 0.2) is 0 Å². The van der Waals surface area contributed by atoms with Crippen molar-refractivity contribution in [2.45, 2.75) is 26.2 Å². The third-order valence-corrected chi connectivity index (χ3v) is 1.62. The molecule has 0 bridgehead atoms. The molecule has 1 aromatic rings. The van der Waals surface area contributed by atoms with E-state index in [1.54, 1.807) is 0 Å². The SMILES string of the molecule is CCC(=O)NCCCc1nnn[nH]1. The second kappa shape index (κ2) is 5.23. The fraction of sp³-hybridized carbons (Fsp3) is 0.714. The molecule has 0 aromatic carbocycles. The third kappa shape index (κ3) is 3.64. The van der Waals surface area contributed by atoms with Gasteiger partial charge in [0.1, 0.15) is 5.82 Å². The zero-order valence-electron chi connectivity index (χ0n) is 7.58. The molecule has 0 saturated carbocycles. The van der Waals surface area contributed by atoms with Gasteiger partial charge in [-0.15, -0.1) is 5.10 Å². The van der Waals surface area contributed by atoms with E-state index in [-0.39, 0.29) is 5.91 Å². The molecule has 6 heteroatoms. The van der Waals surface area contributed by atoms with Crippen molar-refractivity contribution in [3.8, 4) is 0 Å². The summed E-state index contributed by atoms with van der Waals surface area (Å²) in [4.78, 5) is 10.8. The Hall–Kier alpha value is -1.46. The lowest BCUT2D eigenvalue weighted by Gasteiger charge is -2.00. The molecule has 0 atom stereocenters. The molecule has 1 amide bonds. The van der Waals surface area contributed by atoms with Gasteiger partial charge in [0.05, 0.1) is 0 Å². The molecular weight excluding hydrogens is 170 g/mol. The number of H-pyrrole nitrogens is 1. The number of aromatic amines is 1. The molecule has 0 saturated heterocycles. The van der Waals surface area contributed by atoms with E-state index in [9.17, 15) is 4.79 Å². The lowest BCUT2D eigenvalue weighted by atomic mass is 10.3. The van der Waals surface area contributed by atoms with Gasteiger partial charge in [-0.3, -0.25) is 4.79 Å². The highest BCUT2D eigenvalue weighted by Gasteiger charge is 1.98. The summed E-state index contributed by atoms with van der Waals surface area (Å²) in [5.41, 5.74) is 0. The van der Waals surface area contributed by atoms with Crippen LogP contribution >= 0.6 is 0 Å². The number of hydrogen-bond acceptors (Lipinski definition) is 4. The molecule has 0 aliphatic carbocycles. The number of nitrogens with zero attached hydrogens (tertiary/aromatic N) is 3. The van der Waals surface area contributed by atoms with E-state index in [4.69, 9.17) is 0 Å². The Bertz CT molecular complexity index is 245. The Balaban J connectivity index is 2.05. The molecule has 1 rings (SSSR count). The van der Waals surface area contributed by atoms with Gasteiger partial charge in [0.2, 0.25) is 5.91 Å². The van der Waals surface area contributed by atoms with Gasteiger partial charge in [0.15, 0.2) is 0 Å². The van der Waals surface area contributed by atoms with Crippen molar-refractivity contribution in [1.82, 2.24) is 25.9 Å². The van der Waals surface area contributed by atoms with Crippen LogP contribution in [0.1, 0.15) is 25.6 Å². The molecule has 2 N–H and O–H groups in total. The molecule has 72 valence electrons. The highest BCUT2D eigenvalue weighted by atomic mass is 16.1. The zero-order chi connectivity index (χ0) is 9.52. The molecule has 0 aliphatic rings. The monoisotopic (exact) mass is 183 g/mol. The normalized spacial score (nSPS) is 9.92. The van der Waals surface area contributed by atoms with Gasteiger partial charge in [0, 0.05) is 19.4 Å². The number of hydrogen-bond donors (Lipinski definition) is 2. The second-order valence-corrected chi connectivity index (χ2v) is 2.65. The van der Waals surface area contributed by atoms with Crippen molar-refractivity contribution < 1.29 is 4.79 Å². The highest BCUT2D eigenvalue weighted by molar-refractivity contribution is 5.75. The summed E-state index contributed by atoms with van der Waals surface area (Å²) in [5.74, 6) is 0.835. The van der Waals surface area contributed by atoms with Gasteiger partial charge in [-0.1, -0.05) is 6.92 Å². The lowest BCUT2D eigenvalue weighted by Crippen LogP contribution is -2.23. The molecule has 0 spiro atoms. The van der Waals surface area contributed by atoms with Crippen LogP contribution in [-0.4, -0.2) is 33.1 Å². The first-order valence-electron chi connectivity index (χ1n) is 4.32. The van der Waals surface area contributed by atoms with E-state index in [2.05, 4.69) is 25.9 Å². The quantitative estimate of drug-likeness (QED) is 0.611. The van der Waals surface area contributed by atoms with Crippen molar-refractivity contribution in [3.63, 3.8) is 0 Å². The molecule has 0 unspecified atom stereocenters. The number of tetrazole rings is 1. The predicted molar refractivity (Wildman–Crippen MR) is 45.8 cm³/mol. The van der Waals surface area contributed by atoms with Crippen molar-refractivity contribution in [1.29, 1.82) is 0 Å². The van der Waals surface area contributed by atoms with Crippen LogP contribution in [-0.2, 0) is 11.2 Å². The standard InChI is InChI=1S/C7H13N5O/c1-2-7(13)8-5-3-4-6-9-11-12-10-6/h2-5H2,1H3,(H,8,13)(H,9,10,11,12). The van der Waals surface area contributed by atoms with E-state index in [0.717, 1.165) is 18.7 Å². The predicted octanol–water partition coefficient (Wildman–Crippen LogP) is -0.342. The van der Waals surface area contributed by atoms with Gasteiger partial charge in [0.25, 0.3) is 0 Å². The lowest BCUT2D eigenvalue weighted by molar-refractivity contribution is -0.120. The van der Waals surface area contributed by atoms with Crippen LogP contribution in [0.4, 0.5) is 0 Å². The van der Waals surface area contributed by atoms with Crippen LogP contribution in [0.3, 0.4) is 0 Å². The van der Waals surface area contributed by atoms with Crippen LogP contribution < -0.4 is 5.32 Å². The molecule has 0 radical (unpaired) electrons. The number of rotatable bonds is 5. The maximum absolute atomic E-state index is 10.8. The van der Waals surface area contributed by atoms with Crippen LogP contribution in [0, 0.1) is 0 Å². The first-order valence-corrected chi connectivity index (χ1v) is 4.32. The maximum Gasteiger partial charge on any atom is 0.219 e. The average molecular weight is 183 g/mol. The molecule has 1 aromatic heterocycles. The second-order valence-electron chi connectivity index (χ2n) is 2.65. The van der Waals surface area contributed by atoms with Gasteiger partial charge in [-0.05, 0) is 16.8 Å². The van der Waals surface area contributed by atoms with Gasteiger partial charge >= 0.3 is 0 Å². The summed E-state index contributed by atoms with van der Waals surface area (Å²) in [6.45, 7) is 2.50. The minimum Gasteiger partial charge on any atom is -0.356 e. The first-order chi connectivity index (χ1) is 6.33. The van der Waals surface area contributed by atoms with Crippen molar-refractivity contribution in [3.05, 3.63) is 5.82 Å². The number of nitrogens with one attached hydrogen (secondary N) is 2. The number of aromatic nitrogens is 4. The third-order valence-electron chi connectivity index (χ3n) is 1.62. The maximum atomic E-state index is 10.8. The van der Waals surface area contributed by atoms with E-state index >= 15 is 0 Å². The minimum absolute atomic E-state index is 0.0793. The Kier molecular flexibility index (Phi) is 3.87. The minimum atomic E-state index is 0.0793. The fourth-order valence-electron chi connectivity index (χ4n) is 0.893. The summed E-state index contributed by atoms with van der Waals surface area (Å²) in [6.07, 6.45) is 2.14. The van der Waals surface area contributed by atoms with Crippen molar-refractivity contribution >= 4 is 5.91 Å². The number of carbonyl (C=O) groups is 1. The number of aryl methyl sites for hydroxylation is 1. The Morgan fingerprint density at radius 2 is 2.46 bits per heavy atom. The van der Waals surface area contributed by atoms with Gasteiger partial charge in [-0.2, -0.15) is 0 Å². The molecule has 1 heterocycles. The van der Waals surface area contributed by atoms with Gasteiger partial charge < -0.3 is 5.32 Å². The Morgan fingerprint density at radius 3 is 3.08 bits per heavy atom. The molecule has 6 nitrogen and oxygen atoms in total. The summed E-state index contributed by atoms with van der Waals surface area (Å²) in [6, 6.07) is 0. The smallest absolute Gasteiger partial charge is 0.219 e. The van der Waals surface area contributed by atoms with Crippen molar-refractivity contribution in [2.75, 3.05) is 6.54 Å². The highest BCUT2D eigenvalue weighted by Crippen LogP contribution is 1.90. The molecule has 0 aliphatic heterocycles. The zero-order valence-corrected chi connectivity index (χ0v) is 7.58. The van der Waals surface area contributed by atoms with Crippen LogP contribution in [0.2, 0.25) is 0 Å². The van der Waals surface area contributed by atoms with Crippen LogP contribution in [0.5, 0.6) is 0 Å². The van der Waals surface area contributed by atoms with E-state index in [1.165, 1.54) is 0 Å². The fourth-order valence-corrected chi connectivity index (χ4v) is 0.893. The summed E-state index contributed by atoms with van der Waals surface area (Å²) in [5, 5.41) is 16.0. The van der Waals surface area contributed by atoms with Gasteiger partial charge in [-0.25, -0.2) is 5.10 Å². The van der Waals surface area contributed by atoms with E-state index in [0.29, 0.717) is 13.0 Å². The molecule has 13 heavy (non-hydrogen) atoms. The Morgan fingerprint density at radius 1 is 1.62 bits per heavy atom. The molecular formula is C7H13N5O. The van der Waals surface area contributed by atoms with E-state index < -0.39 is 0 Å². The summed E-state index contributed by atoms with van der Waals surface area (Å²) in [7, 11) is 0. The van der Waals surface area contributed by atoms with E-state index in [1.807, 2.05) is 6.92 Å². The molecule has 0 fully saturated rings. The number of amides is 1. The van der Waals surface area contributed by atoms with Crippen LogP contribution in [0.25, 0.3) is 0 Å². The summed E-state index contributed by atoms with van der Waals surface area (Å²) < 4.78 is 0. The average Bonchev–Trinajstić information content (AvgIpc) is 2.64. The largest absolute Gasteiger partial charge is 0.356 e. The van der Waals surface area contributed by atoms with Crippen molar-refractivity contribution in [2.24, 2.45) is 0 Å². The first kappa shape index (κ1) is 9.63. The summed E-state index contributed by atoms with van der Waals surface area (Å²) >= 11 is 0.